The van der Waals surface area contributed by atoms with E-state index in [2.05, 4.69) is 4.72 Å². The van der Waals surface area contributed by atoms with Crippen LogP contribution in [0.4, 0.5) is 4.79 Å². The van der Waals surface area contributed by atoms with Crippen LogP contribution in [-0.2, 0) is 14.3 Å². The Morgan fingerprint density at radius 1 is 1.37 bits per heavy atom. The molecule has 0 spiro atoms. The number of rotatable bonds is 5. The highest BCUT2D eigenvalue weighted by Crippen LogP contribution is 2.12. The van der Waals surface area contributed by atoms with E-state index in [1.807, 2.05) is 0 Å². The van der Waals surface area contributed by atoms with E-state index in [9.17, 15) is 14.4 Å². The third-order valence-electron chi connectivity index (χ3n) is 1.89. The summed E-state index contributed by atoms with van der Waals surface area (Å²) in [4.78, 5) is 34.6. The van der Waals surface area contributed by atoms with E-state index in [-0.39, 0.29) is 11.7 Å². The molecule has 0 aromatic heterocycles. The van der Waals surface area contributed by atoms with Crippen molar-refractivity contribution in [1.82, 2.24) is 9.62 Å². The smallest absolute Gasteiger partial charge is 0.410 e. The van der Waals surface area contributed by atoms with E-state index < -0.39 is 23.7 Å². The second kappa shape index (κ2) is 7.22. The monoisotopic (exact) mass is 292 g/mol. The molecule has 0 aliphatic heterocycles. The molecule has 0 aromatic carbocycles. The predicted octanol–water partition coefficient (Wildman–Crippen LogP) is 1.09. The normalized spacial score (nSPS) is 12.5. The van der Waals surface area contributed by atoms with E-state index in [0.29, 0.717) is 0 Å². The van der Waals surface area contributed by atoms with Crippen LogP contribution >= 0.6 is 11.9 Å². The molecule has 0 aromatic rings. The van der Waals surface area contributed by atoms with E-state index in [1.165, 1.54) is 14.0 Å². The van der Waals surface area contributed by atoms with Gasteiger partial charge in [0.05, 0.1) is 0 Å². The Kier molecular flexibility index (Phi) is 6.68. The minimum atomic E-state index is -1.16. The lowest BCUT2D eigenvalue weighted by atomic mass is 10.2. The van der Waals surface area contributed by atoms with Crippen LogP contribution in [0.3, 0.4) is 0 Å². The van der Waals surface area contributed by atoms with Crippen LogP contribution in [0.2, 0.25) is 0 Å². The predicted molar refractivity (Wildman–Crippen MR) is 71.7 cm³/mol. The maximum absolute atomic E-state index is 11.7. The number of nitrogens with zero attached hydrogens (tertiary/aromatic N) is 1. The van der Waals surface area contributed by atoms with Crippen LogP contribution in [0.15, 0.2) is 0 Å². The first-order valence-corrected chi connectivity index (χ1v) is 6.60. The fourth-order valence-electron chi connectivity index (χ4n) is 1.03. The van der Waals surface area contributed by atoms with Crippen molar-refractivity contribution in [1.29, 1.82) is 0 Å². The third kappa shape index (κ3) is 7.55. The highest BCUT2D eigenvalue weighted by Gasteiger charge is 2.30. The van der Waals surface area contributed by atoms with Gasteiger partial charge in [-0.3, -0.25) is 9.69 Å². The van der Waals surface area contributed by atoms with Crippen molar-refractivity contribution in [2.24, 2.45) is 0 Å². The number of hydrogen-bond acceptors (Lipinski definition) is 5. The molecule has 1 atom stereocenters. The van der Waals surface area contributed by atoms with Gasteiger partial charge in [0, 0.05) is 19.7 Å². The van der Waals surface area contributed by atoms with E-state index in [4.69, 9.17) is 9.84 Å². The van der Waals surface area contributed by atoms with E-state index in [0.717, 1.165) is 16.8 Å². The van der Waals surface area contributed by atoms with Gasteiger partial charge in [-0.15, -0.1) is 0 Å². The van der Waals surface area contributed by atoms with Gasteiger partial charge in [0.2, 0.25) is 5.91 Å². The van der Waals surface area contributed by atoms with Crippen molar-refractivity contribution >= 4 is 29.9 Å². The van der Waals surface area contributed by atoms with Gasteiger partial charge in [-0.1, -0.05) is 0 Å². The zero-order chi connectivity index (χ0) is 15.2. The lowest BCUT2D eigenvalue weighted by molar-refractivity contribution is -0.141. The molecule has 19 heavy (non-hydrogen) atoms. The number of carbonyl (C=O) groups is 3. The van der Waals surface area contributed by atoms with Gasteiger partial charge in [-0.05, 0) is 32.7 Å². The summed E-state index contributed by atoms with van der Waals surface area (Å²) >= 11 is 0.932. The van der Waals surface area contributed by atoms with Crippen molar-refractivity contribution in [2.75, 3.05) is 12.8 Å². The number of nitrogens with one attached hydrogen (secondary N) is 1. The summed E-state index contributed by atoms with van der Waals surface area (Å²) in [6.45, 7) is 6.40. The molecule has 2 N–H and O–H groups in total. The van der Waals surface area contributed by atoms with Crippen LogP contribution < -0.4 is 4.72 Å². The fourth-order valence-corrected chi connectivity index (χ4v) is 1.84. The third-order valence-corrected chi connectivity index (χ3v) is 2.81. The second-order valence-corrected chi connectivity index (χ2v) is 5.74. The number of ether oxygens (including phenoxy) is 1. The van der Waals surface area contributed by atoms with Gasteiger partial charge in [0.25, 0.3) is 0 Å². The standard InChI is InChI=1S/C11H20N2O5S/c1-7(14)12-19-6-8(9(15)16)13(5)10(17)18-11(2,3)4/h8H,6H2,1-5H3,(H,12,14)(H,15,16). The Morgan fingerprint density at radius 2 is 1.89 bits per heavy atom. The number of likely N-dealkylation sites (N-methyl/N-ethyl adjacent to an activating group) is 1. The SMILES string of the molecule is CC(=O)NSCC(C(=O)O)N(C)C(=O)OC(C)(C)C. The first-order valence-electron chi connectivity index (χ1n) is 5.61. The number of carboxylic acid groups (broad SMARTS) is 1. The topological polar surface area (TPSA) is 95.9 Å². The van der Waals surface area contributed by atoms with Gasteiger partial charge in [-0.2, -0.15) is 0 Å². The average Bonchev–Trinajstić information content (AvgIpc) is 2.20. The molecule has 2 amide bonds. The van der Waals surface area contributed by atoms with E-state index in [1.54, 1.807) is 20.8 Å². The Hall–Kier alpha value is -1.44. The number of aliphatic carboxylic acids is 1. The summed E-state index contributed by atoms with van der Waals surface area (Å²) < 4.78 is 7.49. The molecule has 0 aliphatic rings. The first kappa shape index (κ1) is 17.6. The molecular weight excluding hydrogens is 272 g/mol. The van der Waals surface area contributed by atoms with Gasteiger partial charge in [-0.25, -0.2) is 9.59 Å². The molecule has 110 valence electrons. The molecule has 0 bridgehead atoms. The lowest BCUT2D eigenvalue weighted by Gasteiger charge is -2.28. The number of hydrogen-bond donors (Lipinski definition) is 2. The van der Waals surface area contributed by atoms with Gasteiger partial charge < -0.3 is 14.6 Å². The number of carbonyl (C=O) groups excluding carboxylic acids is 2. The van der Waals surface area contributed by atoms with E-state index >= 15 is 0 Å². The molecular formula is C11H20N2O5S. The molecule has 0 fully saturated rings. The maximum atomic E-state index is 11.7. The average molecular weight is 292 g/mol. The van der Waals surface area contributed by atoms with Crippen molar-refractivity contribution in [3.63, 3.8) is 0 Å². The second-order valence-electron chi connectivity index (χ2n) is 4.91. The molecule has 1 unspecified atom stereocenters. The zero-order valence-electron chi connectivity index (χ0n) is 11.7. The van der Waals surface area contributed by atoms with Gasteiger partial charge in [0.15, 0.2) is 0 Å². The molecule has 0 aliphatic carbocycles. The van der Waals surface area contributed by atoms with Crippen LogP contribution in [-0.4, -0.2) is 52.4 Å². The van der Waals surface area contributed by atoms with Crippen LogP contribution in [0, 0.1) is 0 Å². The summed E-state index contributed by atoms with van der Waals surface area (Å²) in [5.41, 5.74) is -0.695. The lowest BCUT2D eigenvalue weighted by Crippen LogP contribution is -2.46. The Balaban J connectivity index is 4.56. The minimum Gasteiger partial charge on any atom is -0.480 e. The largest absolute Gasteiger partial charge is 0.480 e. The van der Waals surface area contributed by atoms with Crippen molar-refractivity contribution in [3.05, 3.63) is 0 Å². The molecule has 8 heteroatoms. The molecule has 0 rings (SSSR count). The van der Waals surface area contributed by atoms with Crippen molar-refractivity contribution in [2.45, 2.75) is 39.3 Å². The summed E-state index contributed by atoms with van der Waals surface area (Å²) in [6.07, 6.45) is -0.719. The highest BCUT2D eigenvalue weighted by atomic mass is 32.2. The van der Waals surface area contributed by atoms with Crippen molar-refractivity contribution in [3.8, 4) is 0 Å². The summed E-state index contributed by atoms with van der Waals surface area (Å²) in [5.74, 6) is -1.41. The quantitative estimate of drug-likeness (QED) is 0.736. The van der Waals surface area contributed by atoms with Crippen LogP contribution in [0.5, 0.6) is 0 Å². The van der Waals surface area contributed by atoms with Crippen molar-refractivity contribution < 1.29 is 24.2 Å². The molecule has 0 saturated heterocycles. The van der Waals surface area contributed by atoms with Crippen LogP contribution in [0.25, 0.3) is 0 Å². The summed E-state index contributed by atoms with van der Waals surface area (Å²) in [6, 6.07) is -1.08. The maximum Gasteiger partial charge on any atom is 0.410 e. The zero-order valence-corrected chi connectivity index (χ0v) is 12.5. The molecule has 0 heterocycles. The Bertz CT molecular complexity index is 353. The Labute approximate surface area is 116 Å². The first-order chi connectivity index (χ1) is 8.54. The fraction of sp³-hybridized carbons (Fsp3) is 0.727. The molecule has 0 saturated carbocycles. The highest BCUT2D eigenvalue weighted by molar-refractivity contribution is 7.98. The number of carboxylic acids is 1. The molecule has 7 nitrogen and oxygen atoms in total. The van der Waals surface area contributed by atoms with Crippen LogP contribution in [0.1, 0.15) is 27.7 Å². The van der Waals surface area contributed by atoms with Gasteiger partial charge >= 0.3 is 12.1 Å². The summed E-state index contributed by atoms with van der Waals surface area (Å²) in [7, 11) is 1.35. The number of amides is 2. The summed E-state index contributed by atoms with van der Waals surface area (Å²) in [5, 5.41) is 9.08. The Morgan fingerprint density at radius 3 is 2.26 bits per heavy atom. The van der Waals surface area contributed by atoms with Gasteiger partial charge in [0.1, 0.15) is 11.6 Å². The minimum absolute atomic E-state index is 0.0324. The molecule has 0 radical (unpaired) electrons.